The molecule has 0 fully saturated rings. The van der Waals surface area contributed by atoms with Gasteiger partial charge in [-0.1, -0.05) is 13.5 Å². The van der Waals surface area contributed by atoms with Crippen molar-refractivity contribution in [2.75, 3.05) is 6.54 Å². The van der Waals surface area contributed by atoms with Crippen LogP contribution in [0.1, 0.15) is 26.7 Å². The molecule has 4 nitrogen and oxygen atoms in total. The van der Waals surface area contributed by atoms with Gasteiger partial charge < -0.3 is 11.5 Å². The molecule has 4 N–H and O–H groups in total. The van der Waals surface area contributed by atoms with E-state index in [-0.39, 0.29) is 17.7 Å². The topological polar surface area (TPSA) is 81.5 Å². The number of allylic oxidation sites excluding steroid dienone is 1. The van der Waals surface area contributed by atoms with Crippen LogP contribution in [0.25, 0.3) is 0 Å². The summed E-state index contributed by atoms with van der Waals surface area (Å²) in [7, 11) is 0. The second-order valence-corrected chi connectivity index (χ2v) is 3.49. The number of Topliss-reactive ketones (excluding diaryl/α,β-unsaturated/α-hetero) is 1. The van der Waals surface area contributed by atoms with Gasteiger partial charge in [-0.3, -0.25) is 9.79 Å². The molecule has 0 amide bonds. The highest BCUT2D eigenvalue weighted by Gasteiger charge is 2.12. The smallest absolute Gasteiger partial charge is 0.185 e. The van der Waals surface area contributed by atoms with Crippen LogP contribution in [-0.4, -0.2) is 18.3 Å². The summed E-state index contributed by atoms with van der Waals surface area (Å²) in [6.07, 6.45) is 1.61. The van der Waals surface area contributed by atoms with Crippen LogP contribution in [0.5, 0.6) is 0 Å². The summed E-state index contributed by atoms with van der Waals surface area (Å²) in [6.45, 7) is 7.82. The van der Waals surface area contributed by atoms with E-state index in [0.29, 0.717) is 12.1 Å². The lowest BCUT2D eigenvalue weighted by Crippen LogP contribution is -2.23. The molecule has 0 aromatic heterocycles. The molecule has 0 saturated heterocycles. The number of carbonyl (C=O) groups excluding carboxylic acids is 1. The Balaban J connectivity index is 3.75. The number of rotatable bonds is 6. The maximum Gasteiger partial charge on any atom is 0.185 e. The third kappa shape index (κ3) is 5.35. The molecule has 0 radical (unpaired) electrons. The lowest BCUT2D eigenvalue weighted by Gasteiger charge is -2.08. The van der Waals surface area contributed by atoms with Gasteiger partial charge in [0.25, 0.3) is 0 Å². The van der Waals surface area contributed by atoms with Gasteiger partial charge in [-0.15, -0.1) is 0 Å². The molecule has 0 aliphatic heterocycles. The predicted octanol–water partition coefficient (Wildman–Crippen LogP) is 0.821. The molecule has 0 aliphatic carbocycles. The Morgan fingerprint density at radius 1 is 1.50 bits per heavy atom. The summed E-state index contributed by atoms with van der Waals surface area (Å²) in [5.41, 5.74) is 10.9. The van der Waals surface area contributed by atoms with Gasteiger partial charge >= 0.3 is 0 Å². The van der Waals surface area contributed by atoms with Crippen LogP contribution in [0, 0.1) is 5.92 Å². The zero-order chi connectivity index (χ0) is 11.1. The second kappa shape index (κ2) is 6.18. The van der Waals surface area contributed by atoms with E-state index in [1.807, 2.05) is 6.92 Å². The van der Waals surface area contributed by atoms with E-state index in [2.05, 4.69) is 11.6 Å². The first-order valence-electron chi connectivity index (χ1n) is 4.70. The number of hydrogen-bond donors (Lipinski definition) is 2. The van der Waals surface area contributed by atoms with Crippen molar-refractivity contribution in [3.05, 3.63) is 12.2 Å². The number of aliphatic imine (C=N–C) groups is 1. The summed E-state index contributed by atoms with van der Waals surface area (Å²) < 4.78 is 0. The lowest BCUT2D eigenvalue weighted by molar-refractivity contribution is -0.118. The lowest BCUT2D eigenvalue weighted by atomic mass is 9.96. The molecular formula is C10H19N3O. The molecule has 0 bridgehead atoms. The molecule has 1 unspecified atom stereocenters. The first kappa shape index (κ1) is 12.7. The number of ketones is 1. The van der Waals surface area contributed by atoms with Gasteiger partial charge in [0, 0.05) is 12.5 Å². The molecule has 0 spiro atoms. The van der Waals surface area contributed by atoms with Crippen molar-refractivity contribution in [1.29, 1.82) is 0 Å². The Bertz CT molecular complexity index is 242. The van der Waals surface area contributed by atoms with Crippen molar-refractivity contribution < 1.29 is 4.79 Å². The van der Waals surface area contributed by atoms with Crippen molar-refractivity contribution in [2.45, 2.75) is 26.7 Å². The summed E-state index contributed by atoms with van der Waals surface area (Å²) in [6, 6.07) is 0. The summed E-state index contributed by atoms with van der Waals surface area (Å²) in [4.78, 5) is 15.2. The highest BCUT2D eigenvalue weighted by molar-refractivity contribution is 5.95. The fourth-order valence-corrected chi connectivity index (χ4v) is 1.16. The van der Waals surface area contributed by atoms with Gasteiger partial charge in [-0.25, -0.2) is 0 Å². The van der Waals surface area contributed by atoms with Crippen molar-refractivity contribution in [3.8, 4) is 0 Å². The molecule has 0 heterocycles. The molecule has 14 heavy (non-hydrogen) atoms. The van der Waals surface area contributed by atoms with E-state index in [0.717, 1.165) is 12.8 Å². The SMILES string of the molecule is C=C(C)C(=O)C(C)CCCN=C(N)N. The van der Waals surface area contributed by atoms with Crippen LogP contribution in [-0.2, 0) is 4.79 Å². The van der Waals surface area contributed by atoms with Gasteiger partial charge in [-0.2, -0.15) is 0 Å². The van der Waals surface area contributed by atoms with Crippen LogP contribution in [0.4, 0.5) is 0 Å². The standard InChI is InChI=1S/C10H19N3O/c1-7(2)9(14)8(3)5-4-6-13-10(11)12/h8H,1,4-6H2,2-3H3,(H4,11,12,13). The predicted molar refractivity (Wildman–Crippen MR) is 58.9 cm³/mol. The fourth-order valence-electron chi connectivity index (χ4n) is 1.16. The maximum atomic E-state index is 11.4. The number of nitrogens with two attached hydrogens (primary N) is 2. The molecule has 0 aliphatic rings. The summed E-state index contributed by atoms with van der Waals surface area (Å²) in [5.74, 6) is 0.236. The molecule has 0 aromatic rings. The molecular weight excluding hydrogens is 178 g/mol. The zero-order valence-corrected chi connectivity index (χ0v) is 8.92. The quantitative estimate of drug-likeness (QED) is 0.286. The highest BCUT2D eigenvalue weighted by atomic mass is 16.1. The van der Waals surface area contributed by atoms with Crippen molar-refractivity contribution in [2.24, 2.45) is 22.4 Å². The third-order valence-corrected chi connectivity index (χ3v) is 1.96. The van der Waals surface area contributed by atoms with Crippen molar-refractivity contribution in [3.63, 3.8) is 0 Å². The first-order valence-corrected chi connectivity index (χ1v) is 4.70. The molecule has 4 heteroatoms. The Morgan fingerprint density at radius 2 is 2.07 bits per heavy atom. The first-order chi connectivity index (χ1) is 6.45. The van der Waals surface area contributed by atoms with Gasteiger partial charge in [-0.05, 0) is 25.3 Å². The van der Waals surface area contributed by atoms with Crippen LogP contribution < -0.4 is 11.5 Å². The minimum Gasteiger partial charge on any atom is -0.370 e. The van der Waals surface area contributed by atoms with E-state index in [1.54, 1.807) is 6.92 Å². The van der Waals surface area contributed by atoms with Crippen LogP contribution in [0.15, 0.2) is 17.1 Å². The Morgan fingerprint density at radius 3 is 2.50 bits per heavy atom. The summed E-state index contributed by atoms with van der Waals surface area (Å²) >= 11 is 0. The minimum atomic E-state index is 0.0155. The number of carbonyl (C=O) groups is 1. The number of guanidine groups is 1. The molecule has 0 aromatic carbocycles. The maximum absolute atomic E-state index is 11.4. The van der Waals surface area contributed by atoms with E-state index in [4.69, 9.17) is 11.5 Å². The van der Waals surface area contributed by atoms with E-state index >= 15 is 0 Å². The van der Waals surface area contributed by atoms with Crippen LogP contribution in [0.3, 0.4) is 0 Å². The highest BCUT2D eigenvalue weighted by Crippen LogP contribution is 2.10. The average molecular weight is 197 g/mol. The Kier molecular flexibility index (Phi) is 5.60. The Labute approximate surface area is 85.1 Å². The summed E-state index contributed by atoms with van der Waals surface area (Å²) in [5, 5.41) is 0. The molecule has 80 valence electrons. The van der Waals surface area contributed by atoms with E-state index < -0.39 is 0 Å². The van der Waals surface area contributed by atoms with Gasteiger partial charge in [0.05, 0.1) is 0 Å². The number of hydrogen-bond acceptors (Lipinski definition) is 2. The number of nitrogens with zero attached hydrogens (tertiary/aromatic N) is 1. The van der Waals surface area contributed by atoms with Crippen LogP contribution in [0.2, 0.25) is 0 Å². The third-order valence-electron chi connectivity index (χ3n) is 1.96. The van der Waals surface area contributed by atoms with Crippen molar-refractivity contribution in [1.82, 2.24) is 0 Å². The largest absolute Gasteiger partial charge is 0.370 e. The normalized spacial score (nSPS) is 11.9. The van der Waals surface area contributed by atoms with E-state index in [9.17, 15) is 4.79 Å². The molecule has 0 rings (SSSR count). The van der Waals surface area contributed by atoms with Crippen LogP contribution >= 0.6 is 0 Å². The van der Waals surface area contributed by atoms with Crippen molar-refractivity contribution >= 4 is 11.7 Å². The van der Waals surface area contributed by atoms with Gasteiger partial charge in [0.15, 0.2) is 11.7 Å². The van der Waals surface area contributed by atoms with Gasteiger partial charge in [0.1, 0.15) is 0 Å². The second-order valence-electron chi connectivity index (χ2n) is 3.49. The molecule has 0 saturated carbocycles. The fraction of sp³-hybridized carbons (Fsp3) is 0.600. The van der Waals surface area contributed by atoms with Gasteiger partial charge in [0.2, 0.25) is 0 Å². The monoisotopic (exact) mass is 197 g/mol. The average Bonchev–Trinajstić information content (AvgIpc) is 2.10. The zero-order valence-electron chi connectivity index (χ0n) is 8.92. The Hall–Kier alpha value is -1.32. The van der Waals surface area contributed by atoms with E-state index in [1.165, 1.54) is 0 Å². The minimum absolute atomic E-state index is 0.0155. The molecule has 1 atom stereocenters.